The van der Waals surface area contributed by atoms with Crippen molar-refractivity contribution in [1.29, 1.82) is 0 Å². The molecule has 0 fully saturated rings. The molecule has 0 N–H and O–H groups in total. The summed E-state index contributed by atoms with van der Waals surface area (Å²) in [6.45, 7) is 0.319. The van der Waals surface area contributed by atoms with Crippen LogP contribution in [0.2, 0.25) is 0 Å². The van der Waals surface area contributed by atoms with Crippen molar-refractivity contribution in [2.75, 3.05) is 7.05 Å². The second-order valence-corrected chi connectivity index (χ2v) is 5.67. The Balaban J connectivity index is 1.70. The molecule has 22 heavy (non-hydrogen) atoms. The van der Waals surface area contributed by atoms with Crippen LogP contribution in [0.5, 0.6) is 0 Å². The molecular weight excluding hydrogens is 306 g/mol. The quantitative estimate of drug-likeness (QED) is 0.716. The van der Waals surface area contributed by atoms with Gasteiger partial charge < -0.3 is 13.7 Å². The predicted octanol–water partition coefficient (Wildman–Crippen LogP) is 1.82. The molecule has 3 heterocycles. The topological polar surface area (TPSA) is 81.5 Å². The Kier molecular flexibility index (Phi) is 3.92. The Morgan fingerprint density at radius 3 is 2.95 bits per heavy atom. The number of rotatable bonds is 5. The normalized spacial score (nSPS) is 10.8. The Morgan fingerprint density at radius 1 is 1.41 bits per heavy atom. The number of hydrogen-bond donors (Lipinski definition) is 0. The van der Waals surface area contributed by atoms with Gasteiger partial charge in [0.25, 0.3) is 5.89 Å². The van der Waals surface area contributed by atoms with E-state index in [2.05, 4.69) is 5.10 Å². The molecule has 3 aromatic rings. The van der Waals surface area contributed by atoms with Gasteiger partial charge in [-0.15, -0.1) is 16.4 Å². The molecule has 0 aliphatic rings. The summed E-state index contributed by atoms with van der Waals surface area (Å²) in [6.07, 6.45) is 1.45. The maximum atomic E-state index is 12.2. The Morgan fingerprint density at radius 2 is 2.27 bits per heavy atom. The predicted molar refractivity (Wildman–Crippen MR) is 79.3 cm³/mol. The van der Waals surface area contributed by atoms with Gasteiger partial charge in [0.1, 0.15) is 6.54 Å². The molecule has 0 aliphatic heterocycles. The van der Waals surface area contributed by atoms with Crippen molar-refractivity contribution in [2.45, 2.75) is 13.1 Å². The molecule has 0 radical (unpaired) electrons. The second kappa shape index (κ2) is 6.02. The molecule has 3 rings (SSSR count). The third-order valence-electron chi connectivity index (χ3n) is 3.02. The summed E-state index contributed by atoms with van der Waals surface area (Å²) in [5, 5.41) is 5.92. The summed E-state index contributed by atoms with van der Waals surface area (Å²) < 4.78 is 11.1. The van der Waals surface area contributed by atoms with Crippen molar-refractivity contribution in [3.63, 3.8) is 0 Å². The smallest absolute Gasteiger partial charge is 0.437 e. The van der Waals surface area contributed by atoms with Crippen LogP contribution in [0.25, 0.3) is 11.7 Å². The number of likely N-dealkylation sites (N-methyl/N-ethyl adjacent to an activating group) is 1. The summed E-state index contributed by atoms with van der Waals surface area (Å²) in [5.41, 5.74) is 0. The lowest BCUT2D eigenvalue weighted by atomic mass is 10.4. The second-order valence-electron chi connectivity index (χ2n) is 4.64. The van der Waals surface area contributed by atoms with Gasteiger partial charge in [0.2, 0.25) is 5.91 Å². The van der Waals surface area contributed by atoms with E-state index in [-0.39, 0.29) is 18.3 Å². The minimum absolute atomic E-state index is 0.0590. The van der Waals surface area contributed by atoms with Gasteiger partial charge >= 0.3 is 5.76 Å². The lowest BCUT2D eigenvalue weighted by Gasteiger charge is -2.15. The first-order chi connectivity index (χ1) is 10.6. The van der Waals surface area contributed by atoms with E-state index in [1.807, 2.05) is 17.5 Å². The van der Waals surface area contributed by atoms with Crippen LogP contribution in [-0.4, -0.2) is 27.6 Å². The minimum atomic E-state index is -0.690. The summed E-state index contributed by atoms with van der Waals surface area (Å²) >= 11 is 1.57. The standard InChI is InChI=1S/C14H13N3O4S/c1-16(8-10-4-3-7-22-10)12(18)9-17-14(19)21-13(15-17)11-5-2-6-20-11/h2-7H,8-9H2,1H3. The highest BCUT2D eigenvalue weighted by Gasteiger charge is 2.17. The number of aromatic nitrogens is 2. The summed E-state index contributed by atoms with van der Waals surface area (Å²) in [4.78, 5) is 26.5. The molecule has 3 aromatic heterocycles. The lowest BCUT2D eigenvalue weighted by Crippen LogP contribution is -2.32. The largest absolute Gasteiger partial charge is 0.459 e. The molecule has 0 aromatic carbocycles. The van der Waals surface area contributed by atoms with Crippen molar-refractivity contribution in [3.05, 3.63) is 51.3 Å². The van der Waals surface area contributed by atoms with Gasteiger partial charge in [-0.05, 0) is 23.6 Å². The summed E-state index contributed by atoms with van der Waals surface area (Å²) in [5.74, 6) is -0.516. The van der Waals surface area contributed by atoms with E-state index in [0.717, 1.165) is 9.56 Å². The average molecular weight is 319 g/mol. The molecule has 0 unspecified atom stereocenters. The van der Waals surface area contributed by atoms with Gasteiger partial charge in [-0.3, -0.25) is 4.79 Å². The van der Waals surface area contributed by atoms with Gasteiger partial charge in [0.15, 0.2) is 5.76 Å². The third-order valence-corrected chi connectivity index (χ3v) is 3.88. The number of carbonyl (C=O) groups is 1. The number of nitrogens with zero attached hydrogens (tertiary/aromatic N) is 3. The van der Waals surface area contributed by atoms with Gasteiger partial charge in [-0.1, -0.05) is 6.07 Å². The monoisotopic (exact) mass is 319 g/mol. The maximum Gasteiger partial charge on any atom is 0.437 e. The van der Waals surface area contributed by atoms with E-state index >= 15 is 0 Å². The molecule has 8 heteroatoms. The van der Waals surface area contributed by atoms with Crippen LogP contribution >= 0.6 is 11.3 Å². The van der Waals surface area contributed by atoms with Crippen molar-refractivity contribution in [3.8, 4) is 11.7 Å². The molecule has 0 saturated carbocycles. The van der Waals surface area contributed by atoms with Crippen molar-refractivity contribution in [2.24, 2.45) is 0 Å². The van der Waals surface area contributed by atoms with Crippen molar-refractivity contribution >= 4 is 17.2 Å². The molecule has 0 spiro atoms. The number of thiophene rings is 1. The minimum Gasteiger partial charge on any atom is -0.459 e. The van der Waals surface area contributed by atoms with E-state index in [9.17, 15) is 9.59 Å². The summed E-state index contributed by atoms with van der Waals surface area (Å²) in [6, 6.07) is 7.16. The van der Waals surface area contributed by atoms with Gasteiger partial charge in [-0.2, -0.15) is 4.68 Å². The molecule has 7 nitrogen and oxygen atoms in total. The first-order valence-electron chi connectivity index (χ1n) is 6.51. The third kappa shape index (κ3) is 3.01. The molecule has 1 amide bonds. The van der Waals surface area contributed by atoms with Crippen LogP contribution in [0.3, 0.4) is 0 Å². The number of furan rings is 1. The van der Waals surface area contributed by atoms with Crippen LogP contribution in [0.1, 0.15) is 4.88 Å². The first-order valence-corrected chi connectivity index (χ1v) is 7.39. The van der Waals surface area contributed by atoms with Crippen LogP contribution in [0.4, 0.5) is 0 Å². The fraction of sp³-hybridized carbons (Fsp3) is 0.214. The van der Waals surface area contributed by atoms with Crippen LogP contribution in [-0.2, 0) is 17.9 Å². The van der Waals surface area contributed by atoms with E-state index in [1.54, 1.807) is 35.4 Å². The van der Waals surface area contributed by atoms with E-state index < -0.39 is 5.76 Å². The van der Waals surface area contributed by atoms with E-state index in [4.69, 9.17) is 8.83 Å². The van der Waals surface area contributed by atoms with Gasteiger partial charge in [0.05, 0.1) is 12.8 Å². The van der Waals surface area contributed by atoms with Crippen LogP contribution in [0, 0.1) is 0 Å². The SMILES string of the molecule is CN(Cc1cccs1)C(=O)Cn1nc(-c2ccco2)oc1=O. The Hall–Kier alpha value is -2.61. The summed E-state index contributed by atoms with van der Waals surface area (Å²) in [7, 11) is 1.68. The zero-order chi connectivity index (χ0) is 15.5. The molecule has 114 valence electrons. The lowest BCUT2D eigenvalue weighted by molar-refractivity contribution is -0.131. The first kappa shape index (κ1) is 14.3. The highest BCUT2D eigenvalue weighted by Crippen LogP contribution is 2.15. The Bertz CT molecular complexity index is 802. The number of carbonyl (C=O) groups excluding carboxylic acids is 1. The van der Waals surface area contributed by atoms with E-state index in [0.29, 0.717) is 12.3 Å². The fourth-order valence-electron chi connectivity index (χ4n) is 1.88. The maximum absolute atomic E-state index is 12.2. The van der Waals surface area contributed by atoms with E-state index in [1.165, 1.54) is 6.26 Å². The Labute approximate surface area is 129 Å². The molecule has 0 bridgehead atoms. The average Bonchev–Trinajstić information content (AvgIpc) is 3.21. The number of amides is 1. The van der Waals surface area contributed by atoms with Gasteiger partial charge in [-0.25, -0.2) is 4.79 Å². The van der Waals surface area contributed by atoms with Crippen LogP contribution < -0.4 is 5.76 Å². The highest BCUT2D eigenvalue weighted by atomic mass is 32.1. The van der Waals surface area contributed by atoms with Gasteiger partial charge in [0, 0.05) is 11.9 Å². The molecule has 0 atom stereocenters. The zero-order valence-electron chi connectivity index (χ0n) is 11.8. The highest BCUT2D eigenvalue weighted by molar-refractivity contribution is 7.09. The number of hydrogen-bond acceptors (Lipinski definition) is 6. The van der Waals surface area contributed by atoms with Crippen molar-refractivity contribution < 1.29 is 13.6 Å². The van der Waals surface area contributed by atoms with Crippen molar-refractivity contribution in [1.82, 2.24) is 14.7 Å². The molecular formula is C14H13N3O4S. The molecule has 0 aliphatic carbocycles. The zero-order valence-corrected chi connectivity index (χ0v) is 12.6. The molecule has 0 saturated heterocycles. The fourth-order valence-corrected chi connectivity index (χ4v) is 2.64. The van der Waals surface area contributed by atoms with Crippen LogP contribution in [0.15, 0.2) is 49.5 Å².